The van der Waals surface area contributed by atoms with Crippen LogP contribution in [0.25, 0.3) is 0 Å². The van der Waals surface area contributed by atoms with E-state index < -0.39 is 5.91 Å². The fourth-order valence-electron chi connectivity index (χ4n) is 1.63. The number of carbonyl (C=O) groups excluding carboxylic acids is 2. The molecule has 0 fully saturated rings. The van der Waals surface area contributed by atoms with E-state index in [1.54, 1.807) is 30.3 Å². The SMILES string of the molecule is C=CCNC(=O)Nc1ccc(NC(=O)c2ccco2)c(Cl)c1. The van der Waals surface area contributed by atoms with Crippen molar-refractivity contribution in [2.45, 2.75) is 0 Å². The maximum absolute atomic E-state index is 11.9. The minimum atomic E-state index is -0.406. The fraction of sp³-hybridized carbons (Fsp3) is 0.0667. The van der Waals surface area contributed by atoms with Gasteiger partial charge in [0.2, 0.25) is 0 Å². The first-order valence-corrected chi connectivity index (χ1v) is 6.78. The zero-order valence-electron chi connectivity index (χ0n) is 11.6. The van der Waals surface area contributed by atoms with E-state index in [0.717, 1.165) is 0 Å². The Kier molecular flexibility index (Phi) is 5.21. The number of benzene rings is 1. The predicted molar refractivity (Wildman–Crippen MR) is 85.3 cm³/mol. The van der Waals surface area contributed by atoms with Crippen molar-refractivity contribution in [3.8, 4) is 0 Å². The van der Waals surface area contributed by atoms with Gasteiger partial charge in [0.25, 0.3) is 5.91 Å². The van der Waals surface area contributed by atoms with Crippen LogP contribution in [0.4, 0.5) is 16.2 Å². The first-order valence-electron chi connectivity index (χ1n) is 6.40. The van der Waals surface area contributed by atoms with Gasteiger partial charge < -0.3 is 20.4 Å². The van der Waals surface area contributed by atoms with E-state index in [0.29, 0.717) is 22.9 Å². The molecule has 0 saturated carbocycles. The van der Waals surface area contributed by atoms with E-state index in [9.17, 15) is 9.59 Å². The third-order valence-electron chi connectivity index (χ3n) is 2.63. The Balaban J connectivity index is 2.02. The number of amides is 3. The molecule has 7 heteroatoms. The van der Waals surface area contributed by atoms with Gasteiger partial charge in [-0.15, -0.1) is 6.58 Å². The first kappa shape index (κ1) is 15.7. The summed E-state index contributed by atoms with van der Waals surface area (Å²) >= 11 is 6.09. The van der Waals surface area contributed by atoms with E-state index in [1.807, 2.05) is 0 Å². The molecule has 22 heavy (non-hydrogen) atoms. The highest BCUT2D eigenvalue weighted by Crippen LogP contribution is 2.26. The zero-order valence-corrected chi connectivity index (χ0v) is 12.3. The molecule has 3 N–H and O–H groups in total. The lowest BCUT2D eigenvalue weighted by atomic mass is 10.2. The van der Waals surface area contributed by atoms with Crippen LogP contribution in [0.2, 0.25) is 5.02 Å². The summed E-state index contributed by atoms with van der Waals surface area (Å²) in [5.74, 6) is -0.224. The quantitative estimate of drug-likeness (QED) is 0.738. The summed E-state index contributed by atoms with van der Waals surface area (Å²) in [5.41, 5.74) is 0.919. The second-order valence-electron chi connectivity index (χ2n) is 4.25. The Hall–Kier alpha value is -2.73. The minimum Gasteiger partial charge on any atom is -0.459 e. The van der Waals surface area contributed by atoms with Crippen LogP contribution in [0.3, 0.4) is 0 Å². The normalized spacial score (nSPS) is 9.86. The van der Waals surface area contributed by atoms with E-state index >= 15 is 0 Å². The Morgan fingerprint density at radius 3 is 2.73 bits per heavy atom. The molecule has 1 aromatic carbocycles. The topological polar surface area (TPSA) is 83.4 Å². The van der Waals surface area contributed by atoms with E-state index in [1.165, 1.54) is 12.3 Å². The molecular formula is C15H14ClN3O3. The number of urea groups is 1. The van der Waals surface area contributed by atoms with Crippen LogP contribution in [0, 0.1) is 0 Å². The standard InChI is InChI=1S/C15H14ClN3O3/c1-2-7-17-15(21)18-10-5-6-12(11(16)9-10)19-14(20)13-4-3-8-22-13/h2-6,8-9H,1,7H2,(H,19,20)(H2,17,18,21). The molecule has 1 aromatic heterocycles. The number of carbonyl (C=O) groups is 2. The van der Waals surface area contributed by atoms with Crippen molar-refractivity contribution < 1.29 is 14.0 Å². The molecule has 0 aliphatic heterocycles. The number of rotatable bonds is 5. The molecule has 0 unspecified atom stereocenters. The number of furan rings is 1. The highest BCUT2D eigenvalue weighted by atomic mass is 35.5. The first-order chi connectivity index (χ1) is 10.6. The maximum Gasteiger partial charge on any atom is 0.319 e. The Bertz CT molecular complexity index is 683. The van der Waals surface area contributed by atoms with Crippen LogP contribution >= 0.6 is 11.6 Å². The second kappa shape index (κ2) is 7.33. The third-order valence-corrected chi connectivity index (χ3v) is 2.94. The molecule has 0 bridgehead atoms. The molecule has 6 nitrogen and oxygen atoms in total. The average molecular weight is 320 g/mol. The molecule has 1 heterocycles. The third kappa shape index (κ3) is 4.13. The molecule has 0 radical (unpaired) electrons. The summed E-state index contributed by atoms with van der Waals surface area (Å²) in [4.78, 5) is 23.4. The highest BCUT2D eigenvalue weighted by molar-refractivity contribution is 6.34. The Labute approximate surface area is 132 Å². The molecule has 3 amide bonds. The van der Waals surface area contributed by atoms with E-state index in [4.69, 9.17) is 16.0 Å². The van der Waals surface area contributed by atoms with Crippen molar-refractivity contribution in [1.29, 1.82) is 0 Å². The fourth-order valence-corrected chi connectivity index (χ4v) is 1.85. The Morgan fingerprint density at radius 1 is 1.27 bits per heavy atom. The Morgan fingerprint density at radius 2 is 2.09 bits per heavy atom. The van der Waals surface area contributed by atoms with Crippen molar-refractivity contribution in [3.63, 3.8) is 0 Å². The van der Waals surface area contributed by atoms with Crippen molar-refractivity contribution in [3.05, 3.63) is 60.0 Å². The van der Waals surface area contributed by atoms with Crippen LogP contribution < -0.4 is 16.0 Å². The lowest BCUT2D eigenvalue weighted by Crippen LogP contribution is -2.28. The number of hydrogen-bond donors (Lipinski definition) is 3. The molecule has 0 saturated heterocycles. The van der Waals surface area contributed by atoms with Crippen molar-refractivity contribution in [2.75, 3.05) is 17.2 Å². The molecule has 2 rings (SSSR count). The number of anilines is 2. The average Bonchev–Trinajstić information content (AvgIpc) is 3.02. The second-order valence-corrected chi connectivity index (χ2v) is 4.66. The van der Waals surface area contributed by atoms with Gasteiger partial charge in [0.15, 0.2) is 5.76 Å². The number of halogens is 1. The number of nitrogens with one attached hydrogen (secondary N) is 3. The summed E-state index contributed by atoms with van der Waals surface area (Å²) in [5, 5.41) is 8.10. The monoisotopic (exact) mass is 319 g/mol. The van der Waals surface area contributed by atoms with Gasteiger partial charge in [-0.3, -0.25) is 4.79 Å². The maximum atomic E-state index is 11.9. The summed E-state index contributed by atoms with van der Waals surface area (Å²) in [6.45, 7) is 3.86. The molecule has 0 spiro atoms. The van der Waals surface area contributed by atoms with Gasteiger partial charge in [0.1, 0.15) is 0 Å². The molecule has 0 atom stereocenters. The summed E-state index contributed by atoms with van der Waals surface area (Å²) in [6.07, 6.45) is 2.98. The zero-order chi connectivity index (χ0) is 15.9. The van der Waals surface area contributed by atoms with Crippen molar-refractivity contribution in [1.82, 2.24) is 5.32 Å². The highest BCUT2D eigenvalue weighted by Gasteiger charge is 2.11. The van der Waals surface area contributed by atoms with Gasteiger partial charge >= 0.3 is 6.03 Å². The largest absolute Gasteiger partial charge is 0.459 e. The van der Waals surface area contributed by atoms with Crippen LogP contribution in [0.1, 0.15) is 10.6 Å². The summed E-state index contributed by atoms with van der Waals surface area (Å²) < 4.78 is 4.99. The smallest absolute Gasteiger partial charge is 0.319 e. The number of hydrogen-bond acceptors (Lipinski definition) is 3. The van der Waals surface area contributed by atoms with Gasteiger partial charge in [-0.2, -0.15) is 0 Å². The van der Waals surface area contributed by atoms with Crippen molar-refractivity contribution in [2.24, 2.45) is 0 Å². The lowest BCUT2D eigenvalue weighted by molar-refractivity contribution is 0.0996. The van der Waals surface area contributed by atoms with Gasteiger partial charge in [-0.05, 0) is 30.3 Å². The molecule has 114 valence electrons. The lowest BCUT2D eigenvalue weighted by Gasteiger charge is -2.09. The van der Waals surface area contributed by atoms with Gasteiger partial charge in [0.05, 0.1) is 17.0 Å². The van der Waals surface area contributed by atoms with E-state index in [-0.39, 0.29) is 11.8 Å². The summed E-state index contributed by atoms with van der Waals surface area (Å²) in [6, 6.07) is 7.54. The molecular weight excluding hydrogens is 306 g/mol. The van der Waals surface area contributed by atoms with Crippen molar-refractivity contribution >= 4 is 34.9 Å². The molecule has 0 aliphatic rings. The predicted octanol–water partition coefficient (Wildman–Crippen LogP) is 3.49. The minimum absolute atomic E-state index is 0.182. The van der Waals surface area contributed by atoms with Gasteiger partial charge in [-0.25, -0.2) is 4.79 Å². The van der Waals surface area contributed by atoms with Gasteiger partial charge in [0, 0.05) is 12.2 Å². The van der Waals surface area contributed by atoms with E-state index in [2.05, 4.69) is 22.5 Å². The van der Waals surface area contributed by atoms with Crippen LogP contribution in [0.5, 0.6) is 0 Å². The van der Waals surface area contributed by atoms with Crippen LogP contribution in [-0.4, -0.2) is 18.5 Å². The summed E-state index contributed by atoms with van der Waals surface area (Å²) in [7, 11) is 0. The molecule has 0 aliphatic carbocycles. The van der Waals surface area contributed by atoms with Crippen LogP contribution in [-0.2, 0) is 0 Å². The molecule has 2 aromatic rings. The van der Waals surface area contributed by atoms with Gasteiger partial charge in [-0.1, -0.05) is 17.7 Å². The van der Waals surface area contributed by atoms with Crippen LogP contribution in [0.15, 0.2) is 53.7 Å².